The Hall–Kier alpha value is -2.59. The molecule has 3 rings (SSSR count). The van der Waals surface area contributed by atoms with Gasteiger partial charge in [0, 0.05) is 13.6 Å². The van der Waals surface area contributed by atoms with Crippen molar-refractivity contribution in [2.24, 2.45) is 0 Å². The van der Waals surface area contributed by atoms with E-state index in [0.717, 1.165) is 32.7 Å². The normalized spacial score (nSPS) is 11.7. The topological polar surface area (TPSA) is 49.8 Å². The van der Waals surface area contributed by atoms with Gasteiger partial charge in [-0.25, -0.2) is 4.79 Å². The predicted octanol–water partition coefficient (Wildman–Crippen LogP) is 4.85. The Bertz CT molecular complexity index is 900. The number of ether oxygens (including phenoxy) is 1. The number of nitrogens with zero attached hydrogens (tertiary/aromatic N) is 1. The summed E-state index contributed by atoms with van der Waals surface area (Å²) in [5.74, 6) is 0. The van der Waals surface area contributed by atoms with Crippen LogP contribution in [0.15, 0.2) is 48.5 Å². The molecule has 0 unspecified atom stereocenters. The number of fused-ring (bicyclic) bond motifs is 2. The molecular formula is C22H25NO3. The third kappa shape index (κ3) is 3.51. The number of carbonyl (C=O) groups is 1. The number of carbonyl (C=O) groups excluding carboxylic acids is 1. The molecule has 0 saturated heterocycles. The van der Waals surface area contributed by atoms with Crippen molar-refractivity contribution in [1.29, 1.82) is 0 Å². The van der Waals surface area contributed by atoms with E-state index in [1.54, 1.807) is 11.9 Å². The summed E-state index contributed by atoms with van der Waals surface area (Å²) in [6.07, 6.45) is -0.350. The van der Waals surface area contributed by atoms with E-state index in [1.807, 2.05) is 69.3 Å². The second-order valence-electron chi connectivity index (χ2n) is 7.54. The summed E-state index contributed by atoms with van der Waals surface area (Å²) in [6, 6.07) is 16.0. The van der Waals surface area contributed by atoms with Gasteiger partial charge in [-0.15, -0.1) is 0 Å². The van der Waals surface area contributed by atoms with Gasteiger partial charge < -0.3 is 14.7 Å². The van der Waals surface area contributed by atoms with Gasteiger partial charge in [0.15, 0.2) is 0 Å². The average molecular weight is 351 g/mol. The van der Waals surface area contributed by atoms with E-state index in [9.17, 15) is 9.90 Å². The number of benzene rings is 3. The zero-order valence-corrected chi connectivity index (χ0v) is 15.7. The number of amides is 1. The van der Waals surface area contributed by atoms with Gasteiger partial charge in [0.1, 0.15) is 5.60 Å². The minimum absolute atomic E-state index is 0.0246. The van der Waals surface area contributed by atoms with Crippen LogP contribution in [0.2, 0.25) is 0 Å². The van der Waals surface area contributed by atoms with Crippen molar-refractivity contribution >= 4 is 27.6 Å². The van der Waals surface area contributed by atoms with Crippen LogP contribution in [0.5, 0.6) is 0 Å². The van der Waals surface area contributed by atoms with Crippen LogP contribution < -0.4 is 0 Å². The fraction of sp³-hybridized carbons (Fsp3) is 0.318. The Kier molecular flexibility index (Phi) is 4.88. The summed E-state index contributed by atoms with van der Waals surface area (Å²) < 4.78 is 5.49. The molecule has 26 heavy (non-hydrogen) atoms. The van der Waals surface area contributed by atoms with Crippen molar-refractivity contribution in [3.8, 4) is 0 Å². The summed E-state index contributed by atoms with van der Waals surface area (Å²) in [5, 5.41) is 14.1. The van der Waals surface area contributed by atoms with Crippen molar-refractivity contribution in [3.05, 3.63) is 59.7 Å². The first-order valence-corrected chi connectivity index (χ1v) is 8.78. The fourth-order valence-electron chi connectivity index (χ4n) is 3.29. The van der Waals surface area contributed by atoms with Crippen molar-refractivity contribution < 1.29 is 14.6 Å². The number of rotatable bonds is 3. The lowest BCUT2D eigenvalue weighted by molar-refractivity contribution is 0.0286. The number of aliphatic hydroxyl groups is 1. The van der Waals surface area contributed by atoms with Crippen LogP contribution in [0, 0.1) is 0 Å². The second kappa shape index (κ2) is 6.96. The van der Waals surface area contributed by atoms with E-state index < -0.39 is 5.60 Å². The van der Waals surface area contributed by atoms with Crippen LogP contribution in [0.4, 0.5) is 4.79 Å². The molecule has 0 spiro atoms. The molecule has 0 bridgehead atoms. The maximum Gasteiger partial charge on any atom is 0.410 e. The van der Waals surface area contributed by atoms with E-state index >= 15 is 0 Å². The van der Waals surface area contributed by atoms with Gasteiger partial charge in [0.05, 0.1) is 6.61 Å². The molecule has 136 valence electrons. The lowest BCUT2D eigenvalue weighted by Gasteiger charge is -2.26. The summed E-state index contributed by atoms with van der Waals surface area (Å²) in [6.45, 7) is 5.99. The van der Waals surface area contributed by atoms with Crippen LogP contribution >= 0.6 is 0 Å². The van der Waals surface area contributed by atoms with Crippen molar-refractivity contribution in [1.82, 2.24) is 4.90 Å². The Morgan fingerprint density at radius 2 is 1.35 bits per heavy atom. The third-order valence-corrected chi connectivity index (χ3v) is 4.41. The van der Waals surface area contributed by atoms with Gasteiger partial charge in [-0.05, 0) is 53.4 Å². The molecule has 0 saturated carbocycles. The minimum Gasteiger partial charge on any atom is -0.444 e. The van der Waals surface area contributed by atoms with Gasteiger partial charge in [0.25, 0.3) is 0 Å². The molecule has 4 nitrogen and oxygen atoms in total. The van der Waals surface area contributed by atoms with Gasteiger partial charge in [-0.3, -0.25) is 0 Å². The Morgan fingerprint density at radius 3 is 1.73 bits per heavy atom. The molecule has 0 heterocycles. The molecule has 1 N–H and O–H groups in total. The molecule has 0 aliphatic carbocycles. The second-order valence-corrected chi connectivity index (χ2v) is 7.54. The monoisotopic (exact) mass is 351 g/mol. The van der Waals surface area contributed by atoms with Crippen LogP contribution in [-0.4, -0.2) is 28.7 Å². The van der Waals surface area contributed by atoms with Gasteiger partial charge in [-0.2, -0.15) is 0 Å². The van der Waals surface area contributed by atoms with Crippen LogP contribution in [-0.2, 0) is 17.9 Å². The van der Waals surface area contributed by atoms with E-state index in [1.165, 1.54) is 0 Å². The molecule has 0 aromatic heterocycles. The lowest BCUT2D eigenvalue weighted by Crippen LogP contribution is -2.33. The van der Waals surface area contributed by atoms with Crippen molar-refractivity contribution in [2.75, 3.05) is 7.05 Å². The fourth-order valence-corrected chi connectivity index (χ4v) is 3.29. The molecule has 3 aromatic rings. The Labute approximate surface area is 154 Å². The number of hydrogen-bond acceptors (Lipinski definition) is 3. The maximum atomic E-state index is 12.4. The van der Waals surface area contributed by atoms with Gasteiger partial charge >= 0.3 is 6.09 Å². The lowest BCUT2D eigenvalue weighted by atomic mass is 9.92. The highest BCUT2D eigenvalue weighted by Crippen LogP contribution is 2.33. The molecular weight excluding hydrogens is 326 g/mol. The van der Waals surface area contributed by atoms with E-state index in [0.29, 0.717) is 6.54 Å². The largest absolute Gasteiger partial charge is 0.444 e. The SMILES string of the molecule is CN(Cc1c2ccccc2c(CO)c2ccccc12)C(=O)OC(C)(C)C. The number of aliphatic hydroxyl groups excluding tert-OH is 1. The van der Waals surface area contributed by atoms with E-state index in [2.05, 4.69) is 0 Å². The first kappa shape index (κ1) is 18.2. The minimum atomic E-state index is -0.532. The van der Waals surface area contributed by atoms with Gasteiger partial charge in [0.2, 0.25) is 0 Å². The van der Waals surface area contributed by atoms with Crippen LogP contribution in [0.3, 0.4) is 0 Å². The van der Waals surface area contributed by atoms with Crippen LogP contribution in [0.25, 0.3) is 21.5 Å². The molecule has 1 amide bonds. The Balaban J connectivity index is 2.14. The predicted molar refractivity (Wildman–Crippen MR) is 105 cm³/mol. The molecule has 0 radical (unpaired) electrons. The molecule has 4 heteroatoms. The molecule has 0 aliphatic rings. The molecule has 0 aliphatic heterocycles. The first-order valence-electron chi connectivity index (χ1n) is 8.78. The van der Waals surface area contributed by atoms with Crippen molar-refractivity contribution in [2.45, 2.75) is 39.5 Å². The third-order valence-electron chi connectivity index (χ3n) is 4.41. The smallest absolute Gasteiger partial charge is 0.410 e. The highest BCUT2D eigenvalue weighted by Gasteiger charge is 2.21. The first-order chi connectivity index (χ1) is 12.3. The molecule has 3 aromatic carbocycles. The quantitative estimate of drug-likeness (QED) is 0.686. The van der Waals surface area contributed by atoms with E-state index in [-0.39, 0.29) is 12.7 Å². The highest BCUT2D eigenvalue weighted by molar-refractivity contribution is 6.05. The summed E-state index contributed by atoms with van der Waals surface area (Å²) in [7, 11) is 1.75. The summed E-state index contributed by atoms with van der Waals surface area (Å²) in [5.41, 5.74) is 1.44. The zero-order valence-electron chi connectivity index (χ0n) is 15.7. The number of hydrogen-bond donors (Lipinski definition) is 1. The van der Waals surface area contributed by atoms with Gasteiger partial charge in [-0.1, -0.05) is 48.5 Å². The Morgan fingerprint density at radius 1 is 0.923 bits per heavy atom. The summed E-state index contributed by atoms with van der Waals surface area (Å²) in [4.78, 5) is 14.0. The van der Waals surface area contributed by atoms with Crippen LogP contribution in [0.1, 0.15) is 31.9 Å². The standard InChI is InChI=1S/C22H25NO3/c1-22(2,3)26-21(25)23(4)13-19-15-9-5-7-11-17(15)20(14-24)18-12-8-6-10-16(18)19/h5-12,24H,13-14H2,1-4H3. The average Bonchev–Trinajstić information content (AvgIpc) is 2.60. The summed E-state index contributed by atoms with van der Waals surface area (Å²) >= 11 is 0. The highest BCUT2D eigenvalue weighted by atomic mass is 16.6. The van der Waals surface area contributed by atoms with E-state index in [4.69, 9.17) is 4.74 Å². The van der Waals surface area contributed by atoms with Crippen molar-refractivity contribution in [3.63, 3.8) is 0 Å². The maximum absolute atomic E-state index is 12.4. The zero-order chi connectivity index (χ0) is 18.9. The molecule has 0 atom stereocenters. The molecule has 0 fully saturated rings.